The first kappa shape index (κ1) is 17.7. The van der Waals surface area contributed by atoms with Crippen molar-refractivity contribution in [3.05, 3.63) is 47.9 Å². The molecule has 0 unspecified atom stereocenters. The number of unbranched alkanes of at least 4 members (excludes halogenated alkanes) is 1. The summed E-state index contributed by atoms with van der Waals surface area (Å²) in [5.74, 6) is -0.213. The first-order valence-electron chi connectivity index (χ1n) is 7.29. The number of alkyl halides is 3. The highest BCUT2D eigenvalue weighted by atomic mass is 19.4. The number of amides is 1. The van der Waals surface area contributed by atoms with Gasteiger partial charge in [-0.1, -0.05) is 6.07 Å². The SMILES string of the molecule is NC(=O)CCCCc1cncc(Oc2cccc(C(F)(F)F)c2)n1. The highest BCUT2D eigenvalue weighted by molar-refractivity contribution is 5.73. The summed E-state index contributed by atoms with van der Waals surface area (Å²) in [5, 5.41) is 0. The molecule has 0 radical (unpaired) electrons. The van der Waals surface area contributed by atoms with Gasteiger partial charge >= 0.3 is 6.18 Å². The Morgan fingerprint density at radius 2 is 2.00 bits per heavy atom. The van der Waals surface area contributed by atoms with Gasteiger partial charge in [0.15, 0.2) is 0 Å². The van der Waals surface area contributed by atoms with Gasteiger partial charge in [-0.25, -0.2) is 4.98 Å². The third-order valence-corrected chi connectivity index (χ3v) is 3.15. The number of rotatable bonds is 7. The average molecular weight is 339 g/mol. The van der Waals surface area contributed by atoms with Crippen molar-refractivity contribution in [1.82, 2.24) is 9.97 Å². The van der Waals surface area contributed by atoms with Crippen molar-refractivity contribution in [2.24, 2.45) is 5.73 Å². The summed E-state index contributed by atoms with van der Waals surface area (Å²) >= 11 is 0. The second kappa shape index (κ2) is 7.76. The van der Waals surface area contributed by atoms with Gasteiger partial charge in [0.05, 0.1) is 17.5 Å². The predicted octanol–water partition coefficient (Wildman–Crippen LogP) is 3.49. The van der Waals surface area contributed by atoms with Gasteiger partial charge in [-0.3, -0.25) is 9.78 Å². The zero-order valence-corrected chi connectivity index (χ0v) is 12.7. The standard InChI is InChI=1S/C16H16F3N3O2/c17-16(18,19)11-4-3-6-13(8-11)24-15-10-21-9-12(22-15)5-1-2-7-14(20)23/h3-4,6,8-10H,1-2,5,7H2,(H2,20,23). The fraction of sp³-hybridized carbons (Fsp3) is 0.312. The van der Waals surface area contributed by atoms with Crippen LogP contribution in [0.2, 0.25) is 0 Å². The minimum absolute atomic E-state index is 0.0324. The molecular weight excluding hydrogens is 323 g/mol. The minimum atomic E-state index is -4.44. The van der Waals surface area contributed by atoms with Crippen molar-refractivity contribution >= 4 is 5.91 Å². The fourth-order valence-corrected chi connectivity index (χ4v) is 2.02. The topological polar surface area (TPSA) is 78.1 Å². The molecule has 0 saturated carbocycles. The third kappa shape index (κ3) is 5.53. The monoisotopic (exact) mass is 339 g/mol. The van der Waals surface area contributed by atoms with E-state index in [4.69, 9.17) is 10.5 Å². The van der Waals surface area contributed by atoms with Crippen LogP contribution in [-0.4, -0.2) is 15.9 Å². The maximum absolute atomic E-state index is 12.7. The fourth-order valence-electron chi connectivity index (χ4n) is 2.02. The van der Waals surface area contributed by atoms with Crippen LogP contribution in [-0.2, 0) is 17.4 Å². The van der Waals surface area contributed by atoms with Crippen LogP contribution in [0.25, 0.3) is 0 Å². The molecule has 24 heavy (non-hydrogen) atoms. The van der Waals surface area contributed by atoms with E-state index in [1.165, 1.54) is 18.3 Å². The molecule has 1 amide bonds. The van der Waals surface area contributed by atoms with E-state index >= 15 is 0 Å². The quantitative estimate of drug-likeness (QED) is 0.783. The molecule has 2 aromatic rings. The van der Waals surface area contributed by atoms with Crippen molar-refractivity contribution in [3.63, 3.8) is 0 Å². The number of hydrogen-bond acceptors (Lipinski definition) is 4. The average Bonchev–Trinajstić information content (AvgIpc) is 2.51. The van der Waals surface area contributed by atoms with E-state index in [0.717, 1.165) is 12.1 Å². The van der Waals surface area contributed by atoms with E-state index in [1.807, 2.05) is 0 Å². The Labute approximate surface area is 136 Å². The molecule has 2 N–H and O–H groups in total. The largest absolute Gasteiger partial charge is 0.437 e. The number of benzene rings is 1. The zero-order valence-electron chi connectivity index (χ0n) is 12.7. The zero-order chi connectivity index (χ0) is 17.6. The summed E-state index contributed by atoms with van der Waals surface area (Å²) in [7, 11) is 0. The number of hydrogen-bond donors (Lipinski definition) is 1. The molecule has 128 valence electrons. The number of nitrogens with two attached hydrogens (primary N) is 1. The molecule has 0 aliphatic rings. The molecular formula is C16H16F3N3O2. The molecule has 0 bridgehead atoms. The second-order valence-corrected chi connectivity index (χ2v) is 5.15. The summed E-state index contributed by atoms with van der Waals surface area (Å²) in [6.45, 7) is 0. The Kier molecular flexibility index (Phi) is 5.73. The van der Waals surface area contributed by atoms with Gasteiger partial charge in [0, 0.05) is 12.6 Å². The van der Waals surface area contributed by atoms with E-state index in [0.29, 0.717) is 31.4 Å². The number of ether oxygens (including phenoxy) is 1. The Balaban J connectivity index is 2.00. The lowest BCUT2D eigenvalue weighted by Gasteiger charge is -2.09. The van der Waals surface area contributed by atoms with Gasteiger partial charge in [-0.05, 0) is 37.5 Å². The normalized spacial score (nSPS) is 11.3. The van der Waals surface area contributed by atoms with Crippen LogP contribution >= 0.6 is 0 Å². The van der Waals surface area contributed by atoms with Gasteiger partial charge in [-0.2, -0.15) is 13.2 Å². The smallest absolute Gasteiger partial charge is 0.416 e. The van der Waals surface area contributed by atoms with E-state index in [2.05, 4.69) is 9.97 Å². The van der Waals surface area contributed by atoms with Crippen LogP contribution in [0.3, 0.4) is 0 Å². The van der Waals surface area contributed by atoms with Crippen molar-refractivity contribution in [3.8, 4) is 11.6 Å². The number of nitrogens with zero attached hydrogens (tertiary/aromatic N) is 2. The highest BCUT2D eigenvalue weighted by Crippen LogP contribution is 2.32. The molecule has 1 aromatic carbocycles. The molecule has 1 heterocycles. The molecule has 0 spiro atoms. The maximum atomic E-state index is 12.7. The van der Waals surface area contributed by atoms with Crippen molar-refractivity contribution < 1.29 is 22.7 Å². The lowest BCUT2D eigenvalue weighted by atomic mass is 10.1. The summed E-state index contributed by atoms with van der Waals surface area (Å²) in [4.78, 5) is 18.8. The van der Waals surface area contributed by atoms with Crippen LogP contribution in [0.15, 0.2) is 36.7 Å². The maximum Gasteiger partial charge on any atom is 0.416 e. The molecule has 2 rings (SSSR count). The van der Waals surface area contributed by atoms with Gasteiger partial charge < -0.3 is 10.5 Å². The molecule has 8 heteroatoms. The molecule has 0 saturated heterocycles. The lowest BCUT2D eigenvalue weighted by Crippen LogP contribution is -2.09. The number of aromatic nitrogens is 2. The number of aryl methyl sites for hydroxylation is 1. The van der Waals surface area contributed by atoms with Crippen molar-refractivity contribution in [1.29, 1.82) is 0 Å². The van der Waals surface area contributed by atoms with E-state index in [9.17, 15) is 18.0 Å². The summed E-state index contributed by atoms with van der Waals surface area (Å²) in [6, 6.07) is 4.55. The number of carbonyl (C=O) groups is 1. The number of carbonyl (C=O) groups excluding carboxylic acids is 1. The van der Waals surface area contributed by atoms with Crippen LogP contribution < -0.4 is 10.5 Å². The van der Waals surface area contributed by atoms with Crippen LogP contribution in [0.4, 0.5) is 13.2 Å². The predicted molar refractivity (Wildman–Crippen MR) is 80.3 cm³/mol. The summed E-state index contributed by atoms with van der Waals surface area (Å²) < 4.78 is 43.4. The molecule has 0 aliphatic heterocycles. The molecule has 0 atom stereocenters. The van der Waals surface area contributed by atoms with Crippen LogP contribution in [0, 0.1) is 0 Å². The molecule has 5 nitrogen and oxygen atoms in total. The number of halogens is 3. The lowest BCUT2D eigenvalue weighted by molar-refractivity contribution is -0.137. The van der Waals surface area contributed by atoms with Gasteiger partial charge in [0.2, 0.25) is 11.8 Å². The second-order valence-electron chi connectivity index (χ2n) is 5.15. The highest BCUT2D eigenvalue weighted by Gasteiger charge is 2.30. The first-order chi connectivity index (χ1) is 11.3. The van der Waals surface area contributed by atoms with Crippen LogP contribution in [0.1, 0.15) is 30.5 Å². The first-order valence-corrected chi connectivity index (χ1v) is 7.29. The summed E-state index contributed by atoms with van der Waals surface area (Å²) in [5.41, 5.74) is 4.89. The van der Waals surface area contributed by atoms with Crippen LogP contribution in [0.5, 0.6) is 11.6 Å². The third-order valence-electron chi connectivity index (χ3n) is 3.15. The van der Waals surface area contributed by atoms with Gasteiger partial charge in [0.1, 0.15) is 5.75 Å². The Hall–Kier alpha value is -2.64. The molecule has 1 aromatic heterocycles. The van der Waals surface area contributed by atoms with Crippen molar-refractivity contribution in [2.45, 2.75) is 31.9 Å². The van der Waals surface area contributed by atoms with E-state index in [1.54, 1.807) is 6.20 Å². The van der Waals surface area contributed by atoms with Gasteiger partial charge in [-0.15, -0.1) is 0 Å². The summed E-state index contributed by atoms with van der Waals surface area (Å²) in [6.07, 6.45) is 0.637. The molecule has 0 aliphatic carbocycles. The van der Waals surface area contributed by atoms with E-state index < -0.39 is 11.7 Å². The van der Waals surface area contributed by atoms with Gasteiger partial charge in [0.25, 0.3) is 0 Å². The Bertz CT molecular complexity index is 705. The minimum Gasteiger partial charge on any atom is -0.437 e. The van der Waals surface area contributed by atoms with Crippen molar-refractivity contribution in [2.75, 3.05) is 0 Å². The van der Waals surface area contributed by atoms with E-state index in [-0.39, 0.29) is 17.5 Å². The Morgan fingerprint density at radius 3 is 2.71 bits per heavy atom. The number of primary amides is 1. The Morgan fingerprint density at radius 1 is 1.21 bits per heavy atom. The molecule has 0 fully saturated rings.